The average Bonchev–Trinajstić information content (AvgIpc) is 2.55. The molecule has 21 heavy (non-hydrogen) atoms. The summed E-state index contributed by atoms with van der Waals surface area (Å²) in [7, 11) is 1.70. The van der Waals surface area contributed by atoms with Crippen molar-refractivity contribution in [3.63, 3.8) is 0 Å². The number of halogens is 3. The molecule has 0 bridgehead atoms. The zero-order chi connectivity index (χ0) is 15.3. The summed E-state index contributed by atoms with van der Waals surface area (Å²) in [6.45, 7) is 0. The maximum Gasteiger partial charge on any atom is 0.119 e. The van der Waals surface area contributed by atoms with Crippen molar-refractivity contribution in [2.75, 3.05) is 17.8 Å². The van der Waals surface area contributed by atoms with Gasteiger partial charge in [-0.3, -0.25) is 0 Å². The van der Waals surface area contributed by atoms with Gasteiger partial charge in [-0.2, -0.15) is 0 Å². The van der Waals surface area contributed by atoms with Gasteiger partial charge in [0.15, 0.2) is 0 Å². The number of hydrogen-bond donors (Lipinski definition) is 0. The van der Waals surface area contributed by atoms with Gasteiger partial charge in [-0.25, -0.2) is 0 Å². The Balaban J connectivity index is 2.41. The maximum atomic E-state index is 5.35. The van der Waals surface area contributed by atoms with Crippen molar-refractivity contribution in [2.45, 2.75) is 11.8 Å². The molecule has 0 N–H and O–H groups in total. The van der Waals surface area contributed by atoms with Gasteiger partial charge in [-0.15, -0.1) is 0 Å². The van der Waals surface area contributed by atoms with E-state index in [0.717, 1.165) is 27.3 Å². The molecule has 4 heteroatoms. The average molecular weight is 477 g/mol. The third-order valence-corrected chi connectivity index (χ3v) is 6.60. The molecule has 0 unspecified atom stereocenters. The zero-order valence-corrected chi connectivity index (χ0v) is 16.5. The van der Waals surface area contributed by atoms with Crippen LogP contribution in [0.4, 0.5) is 0 Å². The van der Waals surface area contributed by atoms with Crippen LogP contribution in [0.15, 0.2) is 53.0 Å². The largest absolute Gasteiger partial charge is 0.497 e. The van der Waals surface area contributed by atoms with Crippen molar-refractivity contribution < 1.29 is 4.74 Å². The number of rotatable bonds is 6. The summed E-state index contributed by atoms with van der Waals surface area (Å²) in [5.74, 6) is 0.888. The van der Waals surface area contributed by atoms with E-state index in [-0.39, 0.29) is 5.41 Å². The van der Waals surface area contributed by atoms with Gasteiger partial charge in [0, 0.05) is 20.5 Å². The molecule has 0 aromatic heterocycles. The molecule has 0 atom stereocenters. The van der Waals surface area contributed by atoms with E-state index >= 15 is 0 Å². The normalized spacial score (nSPS) is 11.4. The Labute approximate surface area is 151 Å². The summed E-state index contributed by atoms with van der Waals surface area (Å²) in [5, 5.41) is 1.78. The zero-order valence-electron chi connectivity index (χ0n) is 11.8. The van der Waals surface area contributed by atoms with E-state index in [1.54, 1.807) is 7.11 Å². The molecule has 0 saturated heterocycles. The van der Waals surface area contributed by atoms with E-state index in [2.05, 4.69) is 84.2 Å². The second kappa shape index (κ2) is 7.80. The molecule has 0 aliphatic heterocycles. The smallest absolute Gasteiger partial charge is 0.119 e. The molecule has 0 amide bonds. The van der Waals surface area contributed by atoms with Crippen LogP contribution in [-0.4, -0.2) is 17.8 Å². The van der Waals surface area contributed by atoms with Crippen LogP contribution in [0.3, 0.4) is 0 Å². The lowest BCUT2D eigenvalue weighted by molar-refractivity contribution is 0.413. The predicted molar refractivity (Wildman–Crippen MR) is 100 cm³/mol. The van der Waals surface area contributed by atoms with Crippen LogP contribution in [0, 0.1) is 0 Å². The van der Waals surface area contributed by atoms with Crippen LogP contribution in [0.25, 0.3) is 0 Å². The van der Waals surface area contributed by atoms with E-state index < -0.39 is 0 Å². The number of alkyl halides is 2. The third kappa shape index (κ3) is 3.91. The first-order valence-electron chi connectivity index (χ1n) is 6.65. The van der Waals surface area contributed by atoms with Gasteiger partial charge in [-0.1, -0.05) is 78.1 Å². The summed E-state index contributed by atoms with van der Waals surface area (Å²) in [6.07, 6.45) is 0.922. The van der Waals surface area contributed by atoms with Crippen molar-refractivity contribution in [3.8, 4) is 5.75 Å². The van der Waals surface area contributed by atoms with Gasteiger partial charge in [-0.05, 0) is 35.7 Å². The van der Waals surface area contributed by atoms with E-state index in [1.807, 2.05) is 12.1 Å². The molecule has 1 nitrogen and oxygen atoms in total. The Morgan fingerprint density at radius 1 is 1.00 bits per heavy atom. The van der Waals surface area contributed by atoms with Crippen molar-refractivity contribution in [3.05, 3.63) is 64.1 Å². The van der Waals surface area contributed by atoms with Crippen molar-refractivity contribution in [2.24, 2.45) is 0 Å². The standard InChI is InChI=1S/C17H17Br3O/c1-21-15-7-8-16(20)13(9-15)10-17(11-18,12-19)14-5-3-2-4-6-14/h2-9H,10-12H2,1H3. The minimum atomic E-state index is 0.0101. The molecule has 0 fully saturated rings. The van der Waals surface area contributed by atoms with Gasteiger partial charge in [0.1, 0.15) is 5.75 Å². The second-order valence-electron chi connectivity index (χ2n) is 5.05. The number of benzene rings is 2. The number of ether oxygens (including phenoxy) is 1. The molecule has 0 heterocycles. The highest BCUT2D eigenvalue weighted by molar-refractivity contribution is 9.10. The lowest BCUT2D eigenvalue weighted by atomic mass is 9.79. The fourth-order valence-corrected chi connectivity index (χ4v) is 4.72. The molecule has 0 radical (unpaired) electrons. The van der Waals surface area contributed by atoms with E-state index in [4.69, 9.17) is 4.74 Å². The second-order valence-corrected chi connectivity index (χ2v) is 7.02. The first-order chi connectivity index (χ1) is 10.1. The molecule has 2 aromatic carbocycles. The highest BCUT2D eigenvalue weighted by Crippen LogP contribution is 2.35. The Morgan fingerprint density at radius 3 is 2.24 bits per heavy atom. The van der Waals surface area contributed by atoms with Gasteiger partial charge in [0.2, 0.25) is 0 Å². The molecule has 0 aliphatic rings. The molecular formula is C17H17Br3O. The maximum absolute atomic E-state index is 5.35. The summed E-state index contributed by atoms with van der Waals surface area (Å²) in [5.41, 5.74) is 2.58. The Kier molecular flexibility index (Phi) is 6.33. The van der Waals surface area contributed by atoms with Gasteiger partial charge >= 0.3 is 0 Å². The van der Waals surface area contributed by atoms with Crippen LogP contribution in [-0.2, 0) is 11.8 Å². The molecule has 112 valence electrons. The minimum Gasteiger partial charge on any atom is -0.497 e. The van der Waals surface area contributed by atoms with Crippen molar-refractivity contribution >= 4 is 47.8 Å². The predicted octanol–water partition coefficient (Wildman–Crippen LogP) is 5.73. The number of methoxy groups -OCH3 is 1. The fourth-order valence-electron chi connectivity index (χ4n) is 2.36. The lowest BCUT2D eigenvalue weighted by Crippen LogP contribution is -2.33. The van der Waals surface area contributed by atoms with E-state index in [9.17, 15) is 0 Å². The Hall–Kier alpha value is -0.320. The highest BCUT2D eigenvalue weighted by Gasteiger charge is 2.31. The molecule has 2 rings (SSSR count). The SMILES string of the molecule is COc1ccc(Br)c(CC(CBr)(CBr)c2ccccc2)c1. The van der Waals surface area contributed by atoms with Crippen molar-refractivity contribution in [1.29, 1.82) is 0 Å². The first-order valence-corrected chi connectivity index (χ1v) is 9.68. The number of hydrogen-bond acceptors (Lipinski definition) is 1. The summed E-state index contributed by atoms with van der Waals surface area (Å²) >= 11 is 11.1. The van der Waals surface area contributed by atoms with Crippen molar-refractivity contribution in [1.82, 2.24) is 0 Å². The Morgan fingerprint density at radius 2 is 1.67 bits per heavy atom. The first kappa shape index (κ1) is 17.0. The van der Waals surface area contributed by atoms with Crippen LogP contribution in [0.5, 0.6) is 5.75 Å². The van der Waals surface area contributed by atoms with Gasteiger partial charge < -0.3 is 4.74 Å². The third-order valence-electron chi connectivity index (χ3n) is 3.68. The molecular weight excluding hydrogens is 460 g/mol. The van der Waals surface area contributed by atoms with Crippen LogP contribution in [0.2, 0.25) is 0 Å². The van der Waals surface area contributed by atoms with Gasteiger partial charge in [0.25, 0.3) is 0 Å². The Bertz CT molecular complexity index is 580. The minimum absolute atomic E-state index is 0.0101. The topological polar surface area (TPSA) is 9.23 Å². The monoisotopic (exact) mass is 474 g/mol. The molecule has 2 aromatic rings. The molecule has 0 saturated carbocycles. The summed E-state index contributed by atoms with van der Waals surface area (Å²) in [4.78, 5) is 0. The van der Waals surface area contributed by atoms with Crippen LogP contribution >= 0.6 is 47.8 Å². The lowest BCUT2D eigenvalue weighted by Gasteiger charge is -2.31. The van der Waals surface area contributed by atoms with Crippen LogP contribution in [0.1, 0.15) is 11.1 Å². The fraction of sp³-hybridized carbons (Fsp3) is 0.294. The highest BCUT2D eigenvalue weighted by atomic mass is 79.9. The molecule has 0 aliphatic carbocycles. The quantitative estimate of drug-likeness (QED) is 0.484. The van der Waals surface area contributed by atoms with Gasteiger partial charge in [0.05, 0.1) is 7.11 Å². The van der Waals surface area contributed by atoms with E-state index in [0.29, 0.717) is 0 Å². The van der Waals surface area contributed by atoms with Crippen LogP contribution < -0.4 is 4.74 Å². The van der Waals surface area contributed by atoms with E-state index in [1.165, 1.54) is 11.1 Å². The summed E-state index contributed by atoms with van der Waals surface area (Å²) in [6, 6.07) is 16.7. The summed E-state index contributed by atoms with van der Waals surface area (Å²) < 4.78 is 6.47. The molecule has 0 spiro atoms.